The maximum atomic E-state index is 9.11. The number of aromatic nitrogens is 2. The topological polar surface area (TPSA) is 46.0 Å². The Labute approximate surface area is 71.1 Å². The molecule has 3 nitrogen and oxygen atoms in total. The number of aliphatic hydroxyl groups is 1. The van der Waals surface area contributed by atoms with Crippen molar-refractivity contribution in [3.05, 3.63) is 36.3 Å². The van der Waals surface area contributed by atoms with Gasteiger partial charge in [-0.05, 0) is 12.1 Å². The summed E-state index contributed by atoms with van der Waals surface area (Å²) in [5.41, 5.74) is 1.08. The third-order valence-electron chi connectivity index (χ3n) is 1.68. The van der Waals surface area contributed by atoms with Gasteiger partial charge in [-0.15, -0.1) is 0 Å². The van der Waals surface area contributed by atoms with Crippen LogP contribution in [0.1, 0.15) is 6.93 Å². The lowest BCUT2D eigenvalue weighted by Crippen LogP contribution is -1.89. The standard InChI is InChI=1S/C9H8N2O/c12-6-8-5-10-4-7-2-1-3-11-9(7)8/h1-5,12H,6H2/i6D/t6-/m1/s1. The van der Waals surface area contributed by atoms with Crippen molar-refractivity contribution in [1.29, 1.82) is 0 Å². The smallest absolute Gasteiger partial charge is 0.0787 e. The molecule has 0 aliphatic carbocycles. The van der Waals surface area contributed by atoms with E-state index >= 15 is 0 Å². The minimum Gasteiger partial charge on any atom is -0.392 e. The van der Waals surface area contributed by atoms with Crippen LogP contribution in [0.5, 0.6) is 0 Å². The van der Waals surface area contributed by atoms with Crippen molar-refractivity contribution >= 4 is 10.9 Å². The van der Waals surface area contributed by atoms with Crippen molar-refractivity contribution < 1.29 is 6.48 Å². The lowest BCUT2D eigenvalue weighted by molar-refractivity contribution is 0.282. The number of nitrogens with zero attached hydrogens (tertiary/aromatic N) is 2. The van der Waals surface area contributed by atoms with Crippen molar-refractivity contribution in [2.75, 3.05) is 0 Å². The molecule has 1 N–H and O–H groups in total. The van der Waals surface area contributed by atoms with Gasteiger partial charge in [0.25, 0.3) is 0 Å². The van der Waals surface area contributed by atoms with Crippen LogP contribution in [-0.4, -0.2) is 15.1 Å². The van der Waals surface area contributed by atoms with Crippen molar-refractivity contribution in [2.24, 2.45) is 0 Å². The Balaban J connectivity index is 2.76. The molecule has 0 fully saturated rings. The molecule has 2 rings (SSSR count). The minimum atomic E-state index is -1.27. The molecular formula is C9H8N2O. The average molecular weight is 161 g/mol. The van der Waals surface area contributed by atoms with E-state index in [1.807, 2.05) is 6.07 Å². The Hall–Kier alpha value is -1.48. The van der Waals surface area contributed by atoms with E-state index in [1.54, 1.807) is 18.5 Å². The Kier molecular flexibility index (Phi) is 1.45. The molecule has 3 heteroatoms. The van der Waals surface area contributed by atoms with Gasteiger partial charge in [-0.3, -0.25) is 9.97 Å². The molecule has 1 atom stereocenters. The monoisotopic (exact) mass is 161 g/mol. The highest BCUT2D eigenvalue weighted by Crippen LogP contribution is 2.13. The van der Waals surface area contributed by atoms with E-state index in [2.05, 4.69) is 9.97 Å². The molecule has 0 radical (unpaired) electrons. The molecule has 0 aliphatic heterocycles. The summed E-state index contributed by atoms with van der Waals surface area (Å²) in [6.07, 6.45) is 4.76. The summed E-state index contributed by atoms with van der Waals surface area (Å²) in [7, 11) is 0. The van der Waals surface area contributed by atoms with Gasteiger partial charge in [-0.1, -0.05) is 0 Å². The zero-order chi connectivity index (χ0) is 9.26. The average Bonchev–Trinajstić information content (AvgIpc) is 2.17. The van der Waals surface area contributed by atoms with Crippen LogP contribution in [0.15, 0.2) is 30.7 Å². The second kappa shape index (κ2) is 2.87. The van der Waals surface area contributed by atoms with Crippen molar-refractivity contribution in [2.45, 2.75) is 6.58 Å². The van der Waals surface area contributed by atoms with E-state index in [-0.39, 0.29) is 0 Å². The van der Waals surface area contributed by atoms with E-state index in [0.717, 1.165) is 5.39 Å². The molecule has 2 aromatic rings. The zero-order valence-electron chi connectivity index (χ0n) is 7.31. The van der Waals surface area contributed by atoms with Crippen LogP contribution in [0.25, 0.3) is 10.9 Å². The Morgan fingerprint density at radius 1 is 1.50 bits per heavy atom. The highest BCUT2D eigenvalue weighted by atomic mass is 16.3. The van der Waals surface area contributed by atoms with Crippen LogP contribution in [0.3, 0.4) is 0 Å². The van der Waals surface area contributed by atoms with Crippen molar-refractivity contribution in [3.63, 3.8) is 0 Å². The number of fused-ring (bicyclic) bond motifs is 1. The molecule has 0 bridgehead atoms. The molecule has 0 spiro atoms. The van der Waals surface area contributed by atoms with E-state index in [9.17, 15) is 0 Å². The van der Waals surface area contributed by atoms with Gasteiger partial charge in [0.15, 0.2) is 0 Å². The maximum Gasteiger partial charge on any atom is 0.0787 e. The predicted molar refractivity (Wildman–Crippen MR) is 45.5 cm³/mol. The van der Waals surface area contributed by atoms with Crippen LogP contribution in [-0.2, 0) is 6.58 Å². The number of rotatable bonds is 1. The maximum absolute atomic E-state index is 9.11. The molecule has 0 amide bonds. The van der Waals surface area contributed by atoms with Crippen LogP contribution >= 0.6 is 0 Å². The van der Waals surface area contributed by atoms with Gasteiger partial charge < -0.3 is 5.11 Å². The molecule has 2 aromatic heterocycles. The highest BCUT2D eigenvalue weighted by Gasteiger charge is 1.99. The highest BCUT2D eigenvalue weighted by molar-refractivity contribution is 5.80. The number of aliphatic hydroxyl groups excluding tert-OH is 1. The Morgan fingerprint density at radius 2 is 2.42 bits per heavy atom. The first kappa shape index (κ1) is 6.08. The third-order valence-corrected chi connectivity index (χ3v) is 1.68. The fourth-order valence-corrected chi connectivity index (χ4v) is 1.12. The summed E-state index contributed by atoms with van der Waals surface area (Å²) in [5, 5.41) is 9.95. The van der Waals surface area contributed by atoms with Crippen LogP contribution in [0.4, 0.5) is 0 Å². The minimum absolute atomic E-state index is 0.443. The van der Waals surface area contributed by atoms with Gasteiger partial charge in [0.1, 0.15) is 0 Å². The lowest BCUT2D eigenvalue weighted by atomic mass is 10.2. The molecular weight excluding hydrogens is 152 g/mol. The second-order valence-electron chi connectivity index (χ2n) is 2.43. The lowest BCUT2D eigenvalue weighted by Gasteiger charge is -1.99. The summed E-state index contributed by atoms with van der Waals surface area (Å²) < 4.78 is 7.18. The Bertz CT molecular complexity index is 425. The van der Waals surface area contributed by atoms with Gasteiger partial charge in [0.05, 0.1) is 13.5 Å². The SMILES string of the molecule is [2H][C@@H](O)c1cncc2cccnc12. The quantitative estimate of drug-likeness (QED) is 0.681. The van der Waals surface area contributed by atoms with Crippen molar-refractivity contribution in [1.82, 2.24) is 9.97 Å². The first-order valence-corrected chi connectivity index (χ1v) is 3.58. The van der Waals surface area contributed by atoms with Gasteiger partial charge in [-0.25, -0.2) is 0 Å². The number of pyridine rings is 2. The van der Waals surface area contributed by atoms with Gasteiger partial charge in [-0.2, -0.15) is 0 Å². The number of hydrogen-bond donors (Lipinski definition) is 1. The summed E-state index contributed by atoms with van der Waals surface area (Å²) in [6.45, 7) is -1.27. The van der Waals surface area contributed by atoms with Crippen LogP contribution < -0.4 is 0 Å². The molecule has 0 saturated heterocycles. The summed E-state index contributed by atoms with van der Waals surface area (Å²) in [4.78, 5) is 8.00. The predicted octanol–water partition coefficient (Wildman–Crippen LogP) is 1.12. The van der Waals surface area contributed by atoms with E-state index in [4.69, 9.17) is 6.48 Å². The summed E-state index contributed by atoms with van der Waals surface area (Å²) >= 11 is 0. The van der Waals surface area contributed by atoms with Gasteiger partial charge in [0.2, 0.25) is 0 Å². The summed E-state index contributed by atoms with van der Waals surface area (Å²) in [5.74, 6) is 0. The molecule has 0 aliphatic rings. The molecule has 2 heterocycles. The second-order valence-corrected chi connectivity index (χ2v) is 2.43. The zero-order valence-corrected chi connectivity index (χ0v) is 6.31. The largest absolute Gasteiger partial charge is 0.392 e. The van der Waals surface area contributed by atoms with Crippen LogP contribution in [0, 0.1) is 0 Å². The summed E-state index contributed by atoms with van der Waals surface area (Å²) in [6, 6.07) is 3.64. The molecule has 0 unspecified atom stereocenters. The molecule has 0 saturated carbocycles. The number of hydrogen-bond acceptors (Lipinski definition) is 3. The van der Waals surface area contributed by atoms with E-state index < -0.39 is 6.58 Å². The van der Waals surface area contributed by atoms with Gasteiger partial charge >= 0.3 is 0 Å². The first-order valence-electron chi connectivity index (χ1n) is 4.16. The fourth-order valence-electron chi connectivity index (χ4n) is 1.12. The van der Waals surface area contributed by atoms with Gasteiger partial charge in [0, 0.05) is 29.5 Å². The van der Waals surface area contributed by atoms with Crippen molar-refractivity contribution in [3.8, 4) is 0 Å². The van der Waals surface area contributed by atoms with E-state index in [0.29, 0.717) is 11.1 Å². The normalized spacial score (nSPS) is 14.2. The fraction of sp³-hybridized carbons (Fsp3) is 0.111. The molecule has 60 valence electrons. The molecule has 0 aromatic carbocycles. The Morgan fingerprint density at radius 3 is 3.25 bits per heavy atom. The molecule has 12 heavy (non-hydrogen) atoms. The van der Waals surface area contributed by atoms with Crippen LogP contribution in [0.2, 0.25) is 0 Å². The first-order chi connectivity index (χ1) is 6.29. The van der Waals surface area contributed by atoms with E-state index in [1.165, 1.54) is 6.20 Å². The third kappa shape index (κ3) is 1.04.